The molecule has 1 heterocycles. The minimum atomic E-state index is -0.686. The Hall–Kier alpha value is -3.28. The maximum atomic E-state index is 12.2. The Morgan fingerprint density at radius 2 is 1.63 bits per heavy atom. The average molecular weight is 365 g/mol. The molecule has 0 aromatic heterocycles. The van der Waals surface area contributed by atoms with Gasteiger partial charge in [-0.1, -0.05) is 37.3 Å². The standard InChI is InChI=1S/C21H19NO5/c1-2-14-6-8-15(9-7-14)18(23)13-27-21(26)16-4-3-5-17(12-16)22-19(24)10-11-20(22)25/h3-9,12H,2,10-11,13H2,1H3. The smallest absolute Gasteiger partial charge is 0.338 e. The zero-order valence-corrected chi connectivity index (χ0v) is 14.9. The zero-order valence-electron chi connectivity index (χ0n) is 14.9. The SMILES string of the molecule is CCc1ccc(C(=O)COC(=O)c2cccc(N3C(=O)CCC3=O)c2)cc1. The van der Waals surface area contributed by atoms with Gasteiger partial charge in [-0.3, -0.25) is 19.3 Å². The summed E-state index contributed by atoms with van der Waals surface area (Å²) in [6, 6.07) is 13.2. The van der Waals surface area contributed by atoms with Gasteiger partial charge in [0.25, 0.3) is 0 Å². The van der Waals surface area contributed by atoms with Crippen molar-refractivity contribution in [1.82, 2.24) is 0 Å². The van der Waals surface area contributed by atoms with Gasteiger partial charge in [0.2, 0.25) is 11.8 Å². The summed E-state index contributed by atoms with van der Waals surface area (Å²) in [5.41, 5.74) is 2.10. The Bertz CT molecular complexity index is 885. The van der Waals surface area contributed by atoms with E-state index in [9.17, 15) is 19.2 Å². The molecule has 0 bridgehead atoms. The quantitative estimate of drug-likeness (QED) is 0.447. The Morgan fingerprint density at radius 1 is 0.963 bits per heavy atom. The normalized spacial score (nSPS) is 13.7. The summed E-state index contributed by atoms with van der Waals surface area (Å²) in [7, 11) is 0. The Labute approximate surface area is 156 Å². The van der Waals surface area contributed by atoms with Crippen molar-refractivity contribution in [2.75, 3.05) is 11.5 Å². The van der Waals surface area contributed by atoms with E-state index in [4.69, 9.17) is 4.74 Å². The first-order chi connectivity index (χ1) is 13.0. The number of ether oxygens (including phenoxy) is 1. The molecule has 0 radical (unpaired) electrons. The van der Waals surface area contributed by atoms with E-state index in [-0.39, 0.29) is 42.6 Å². The van der Waals surface area contributed by atoms with Gasteiger partial charge in [-0.25, -0.2) is 4.79 Å². The van der Waals surface area contributed by atoms with Crippen LogP contribution in [0.3, 0.4) is 0 Å². The molecule has 0 N–H and O–H groups in total. The van der Waals surface area contributed by atoms with Crippen molar-refractivity contribution in [1.29, 1.82) is 0 Å². The molecule has 0 atom stereocenters. The molecule has 0 saturated carbocycles. The van der Waals surface area contributed by atoms with E-state index in [1.807, 2.05) is 19.1 Å². The summed E-state index contributed by atoms with van der Waals surface area (Å²) in [4.78, 5) is 49.1. The van der Waals surface area contributed by atoms with Crippen molar-refractivity contribution in [2.45, 2.75) is 26.2 Å². The number of imide groups is 1. The van der Waals surface area contributed by atoms with Crippen LogP contribution >= 0.6 is 0 Å². The summed E-state index contributed by atoms with van der Waals surface area (Å²) in [5.74, 6) is -1.58. The van der Waals surface area contributed by atoms with Gasteiger partial charge in [0.1, 0.15) is 0 Å². The van der Waals surface area contributed by atoms with E-state index < -0.39 is 5.97 Å². The number of amides is 2. The summed E-state index contributed by atoms with van der Waals surface area (Å²) in [5, 5.41) is 0. The van der Waals surface area contributed by atoms with Gasteiger partial charge < -0.3 is 4.74 Å². The lowest BCUT2D eigenvalue weighted by Gasteiger charge is -2.14. The molecular formula is C21H19NO5. The number of hydrogen-bond acceptors (Lipinski definition) is 5. The second-order valence-corrected chi connectivity index (χ2v) is 6.22. The van der Waals surface area contributed by atoms with Crippen molar-refractivity contribution < 1.29 is 23.9 Å². The summed E-state index contributed by atoms with van der Waals surface area (Å²) < 4.78 is 5.10. The topological polar surface area (TPSA) is 80.8 Å². The molecule has 1 aliphatic heterocycles. The molecule has 6 heteroatoms. The highest BCUT2D eigenvalue weighted by molar-refractivity contribution is 6.20. The third-order valence-corrected chi connectivity index (χ3v) is 4.41. The summed E-state index contributed by atoms with van der Waals surface area (Å²) in [6.45, 7) is 1.64. The van der Waals surface area contributed by atoms with Crippen LogP contribution in [-0.2, 0) is 20.7 Å². The van der Waals surface area contributed by atoms with Crippen molar-refractivity contribution in [3.8, 4) is 0 Å². The molecule has 0 unspecified atom stereocenters. The molecule has 2 amide bonds. The van der Waals surface area contributed by atoms with E-state index in [2.05, 4.69) is 0 Å². The number of hydrogen-bond donors (Lipinski definition) is 0. The van der Waals surface area contributed by atoms with Gasteiger partial charge in [-0.2, -0.15) is 0 Å². The van der Waals surface area contributed by atoms with Crippen molar-refractivity contribution in [3.63, 3.8) is 0 Å². The van der Waals surface area contributed by atoms with Crippen LogP contribution in [0.15, 0.2) is 48.5 Å². The van der Waals surface area contributed by atoms with Crippen LogP contribution in [-0.4, -0.2) is 30.2 Å². The average Bonchev–Trinajstić information content (AvgIpc) is 3.04. The number of aryl methyl sites for hydroxylation is 1. The van der Waals surface area contributed by atoms with Crippen LogP contribution in [0.2, 0.25) is 0 Å². The van der Waals surface area contributed by atoms with Crippen LogP contribution in [0.5, 0.6) is 0 Å². The lowest BCUT2D eigenvalue weighted by atomic mass is 10.1. The fourth-order valence-corrected chi connectivity index (χ4v) is 2.86. The Morgan fingerprint density at radius 3 is 2.26 bits per heavy atom. The van der Waals surface area contributed by atoms with E-state index in [0.717, 1.165) is 16.9 Å². The number of ketones is 1. The first kappa shape index (κ1) is 18.5. The third kappa shape index (κ3) is 4.11. The minimum Gasteiger partial charge on any atom is -0.454 e. The van der Waals surface area contributed by atoms with Gasteiger partial charge >= 0.3 is 5.97 Å². The van der Waals surface area contributed by atoms with Crippen LogP contribution in [0.1, 0.15) is 46.0 Å². The number of carbonyl (C=O) groups excluding carboxylic acids is 4. The van der Waals surface area contributed by atoms with Crippen LogP contribution < -0.4 is 4.90 Å². The predicted molar refractivity (Wildman–Crippen MR) is 98.6 cm³/mol. The van der Waals surface area contributed by atoms with Crippen molar-refractivity contribution >= 4 is 29.3 Å². The van der Waals surface area contributed by atoms with Crippen LogP contribution in [0, 0.1) is 0 Å². The summed E-state index contributed by atoms with van der Waals surface area (Å²) >= 11 is 0. The van der Waals surface area contributed by atoms with E-state index in [0.29, 0.717) is 11.3 Å². The number of nitrogens with zero attached hydrogens (tertiary/aromatic N) is 1. The fraction of sp³-hybridized carbons (Fsp3) is 0.238. The van der Waals surface area contributed by atoms with Crippen LogP contribution in [0.25, 0.3) is 0 Å². The summed E-state index contributed by atoms with van der Waals surface area (Å²) in [6.07, 6.45) is 1.21. The highest BCUT2D eigenvalue weighted by Gasteiger charge is 2.30. The molecule has 138 valence electrons. The predicted octanol–water partition coefficient (Wildman–Crippen LogP) is 2.94. The zero-order chi connectivity index (χ0) is 19.4. The molecule has 0 spiro atoms. The number of rotatable bonds is 6. The lowest BCUT2D eigenvalue weighted by molar-refractivity contribution is -0.121. The Balaban J connectivity index is 1.65. The number of benzene rings is 2. The largest absolute Gasteiger partial charge is 0.454 e. The molecule has 1 saturated heterocycles. The number of anilines is 1. The van der Waals surface area contributed by atoms with Crippen LogP contribution in [0.4, 0.5) is 5.69 Å². The first-order valence-corrected chi connectivity index (χ1v) is 8.74. The molecular weight excluding hydrogens is 346 g/mol. The maximum absolute atomic E-state index is 12.2. The number of Topliss-reactive ketones (excluding diaryl/α,β-unsaturated/α-hetero) is 1. The van der Waals surface area contributed by atoms with Crippen molar-refractivity contribution in [2.24, 2.45) is 0 Å². The molecule has 2 aromatic carbocycles. The highest BCUT2D eigenvalue weighted by atomic mass is 16.5. The van der Waals surface area contributed by atoms with Gasteiger partial charge in [0.05, 0.1) is 11.3 Å². The molecule has 6 nitrogen and oxygen atoms in total. The van der Waals surface area contributed by atoms with Crippen molar-refractivity contribution in [3.05, 3.63) is 65.2 Å². The first-order valence-electron chi connectivity index (χ1n) is 8.74. The molecule has 0 aliphatic carbocycles. The molecule has 1 aliphatic rings. The van der Waals surface area contributed by atoms with Gasteiger partial charge in [-0.15, -0.1) is 0 Å². The monoisotopic (exact) mass is 365 g/mol. The van der Waals surface area contributed by atoms with E-state index >= 15 is 0 Å². The second-order valence-electron chi connectivity index (χ2n) is 6.22. The maximum Gasteiger partial charge on any atom is 0.338 e. The fourth-order valence-electron chi connectivity index (χ4n) is 2.86. The second kappa shape index (κ2) is 7.95. The molecule has 3 rings (SSSR count). The van der Waals surface area contributed by atoms with Gasteiger partial charge in [-0.05, 0) is 30.2 Å². The lowest BCUT2D eigenvalue weighted by Crippen LogP contribution is -2.28. The molecule has 27 heavy (non-hydrogen) atoms. The molecule has 2 aromatic rings. The minimum absolute atomic E-state index is 0.166. The number of esters is 1. The highest BCUT2D eigenvalue weighted by Crippen LogP contribution is 2.23. The molecule has 1 fully saturated rings. The Kier molecular flexibility index (Phi) is 5.45. The van der Waals surface area contributed by atoms with Gasteiger partial charge in [0.15, 0.2) is 12.4 Å². The van der Waals surface area contributed by atoms with E-state index in [1.54, 1.807) is 24.3 Å². The van der Waals surface area contributed by atoms with E-state index in [1.165, 1.54) is 12.1 Å². The third-order valence-electron chi connectivity index (χ3n) is 4.41. The number of carbonyl (C=O) groups is 4. The van der Waals surface area contributed by atoms with Gasteiger partial charge in [0, 0.05) is 18.4 Å².